The molecule has 67 heavy (non-hydrogen) atoms. The molecule has 0 saturated heterocycles. The number of aryl methyl sites for hydroxylation is 2. The Bertz CT molecular complexity index is 3060. The van der Waals surface area contributed by atoms with Crippen molar-refractivity contribution < 1.29 is 19.7 Å². The minimum absolute atomic E-state index is 0.215. The number of ether oxygens (including phenoxy) is 2. The number of rotatable bonds is 16. The molecule has 6 heteroatoms. The summed E-state index contributed by atoms with van der Waals surface area (Å²) in [4.78, 5) is 0. The Labute approximate surface area is 393 Å². The molecular formula is C61H58N2O4. The highest BCUT2D eigenvalue weighted by atomic mass is 16.5. The molecule has 0 spiro atoms. The van der Waals surface area contributed by atoms with E-state index in [0.29, 0.717) is 17.9 Å². The van der Waals surface area contributed by atoms with Gasteiger partial charge in [-0.15, -0.1) is 0 Å². The van der Waals surface area contributed by atoms with Gasteiger partial charge in [0.15, 0.2) is 0 Å². The average molecular weight is 883 g/mol. The molecule has 2 atom stereocenters. The molecule has 2 unspecified atom stereocenters. The van der Waals surface area contributed by atoms with E-state index in [2.05, 4.69) is 158 Å². The number of hydrogen-bond acceptors (Lipinski definition) is 4. The molecule has 0 amide bonds. The van der Waals surface area contributed by atoms with E-state index in [1.54, 1.807) is 0 Å². The van der Waals surface area contributed by atoms with Gasteiger partial charge in [-0.05, 0) is 111 Å². The lowest BCUT2D eigenvalue weighted by Crippen LogP contribution is -2.23. The van der Waals surface area contributed by atoms with Crippen LogP contribution in [0.15, 0.2) is 170 Å². The zero-order chi connectivity index (χ0) is 46.0. The van der Waals surface area contributed by atoms with Crippen LogP contribution in [0.25, 0.3) is 77.2 Å². The van der Waals surface area contributed by atoms with Crippen LogP contribution in [0.4, 0.5) is 0 Å². The third kappa shape index (κ3) is 8.26. The summed E-state index contributed by atoms with van der Waals surface area (Å²) in [7, 11) is 0. The van der Waals surface area contributed by atoms with Gasteiger partial charge >= 0.3 is 0 Å². The fourth-order valence-electron chi connectivity index (χ4n) is 10.1. The van der Waals surface area contributed by atoms with Crippen molar-refractivity contribution in [2.45, 2.75) is 84.8 Å². The molecule has 0 radical (unpaired) electrons. The molecule has 0 aliphatic carbocycles. The molecule has 10 rings (SSSR count). The number of phenolic OH excluding ortho intramolecular Hbond substituents is 2. The van der Waals surface area contributed by atoms with Crippen molar-refractivity contribution in [3.63, 3.8) is 0 Å². The van der Waals surface area contributed by atoms with Crippen molar-refractivity contribution >= 4 is 43.6 Å². The third-order valence-electron chi connectivity index (χ3n) is 13.3. The van der Waals surface area contributed by atoms with Crippen molar-refractivity contribution in [1.29, 1.82) is 0 Å². The van der Waals surface area contributed by atoms with Gasteiger partial charge in [0.1, 0.15) is 23.0 Å². The van der Waals surface area contributed by atoms with Gasteiger partial charge in [0.2, 0.25) is 0 Å². The Kier molecular flexibility index (Phi) is 12.2. The normalized spacial score (nSPS) is 12.6. The SMILES string of the molecule is CCCCc1cc(-c2ccccc2OC(C)CC(C)Oc2ccccc2-c2cc(CCCC)cc(-n3c4ccccc4c4ccccc43)c2O)c(O)c(-n2c3ccccc3c3ccccc32)c1. The highest BCUT2D eigenvalue weighted by Gasteiger charge is 2.24. The molecule has 6 nitrogen and oxygen atoms in total. The minimum Gasteiger partial charge on any atom is -0.505 e. The van der Waals surface area contributed by atoms with Crippen molar-refractivity contribution in [1.82, 2.24) is 9.13 Å². The fourth-order valence-corrected chi connectivity index (χ4v) is 10.1. The number of unbranched alkanes of at least 4 members (excludes halogenated alkanes) is 2. The van der Waals surface area contributed by atoms with E-state index in [9.17, 15) is 10.2 Å². The Hall–Kier alpha value is -7.44. The Morgan fingerprint density at radius 1 is 0.418 bits per heavy atom. The van der Waals surface area contributed by atoms with Crippen LogP contribution in [-0.2, 0) is 12.8 Å². The Balaban J connectivity index is 0.960. The molecule has 0 aliphatic rings. The van der Waals surface area contributed by atoms with Crippen LogP contribution in [0.1, 0.15) is 70.9 Å². The lowest BCUT2D eigenvalue weighted by atomic mass is 9.97. The zero-order valence-corrected chi connectivity index (χ0v) is 38.9. The van der Waals surface area contributed by atoms with E-state index in [1.165, 1.54) is 11.1 Å². The summed E-state index contributed by atoms with van der Waals surface area (Å²) in [6.45, 7) is 8.57. The highest BCUT2D eigenvalue weighted by Crippen LogP contribution is 2.46. The van der Waals surface area contributed by atoms with Gasteiger partial charge in [0, 0.05) is 50.2 Å². The fraction of sp³-hybridized carbons (Fsp3) is 0.213. The first-order chi connectivity index (χ1) is 32.8. The molecule has 2 aromatic heterocycles. The second-order valence-corrected chi connectivity index (χ2v) is 18.1. The average Bonchev–Trinajstić information content (AvgIpc) is 3.87. The molecule has 2 N–H and O–H groups in total. The largest absolute Gasteiger partial charge is 0.505 e. The lowest BCUT2D eigenvalue weighted by molar-refractivity contribution is 0.131. The maximum Gasteiger partial charge on any atom is 0.147 e. The molecule has 10 aromatic rings. The first kappa shape index (κ1) is 43.5. The van der Waals surface area contributed by atoms with E-state index in [-0.39, 0.29) is 23.7 Å². The summed E-state index contributed by atoms with van der Waals surface area (Å²) in [5.74, 6) is 1.83. The number of para-hydroxylation sites is 6. The van der Waals surface area contributed by atoms with Crippen LogP contribution < -0.4 is 9.47 Å². The number of aromatic hydroxyl groups is 2. The lowest BCUT2D eigenvalue weighted by Gasteiger charge is -2.24. The molecule has 0 aliphatic heterocycles. The monoisotopic (exact) mass is 882 g/mol. The van der Waals surface area contributed by atoms with Gasteiger partial charge in [-0.3, -0.25) is 0 Å². The van der Waals surface area contributed by atoms with Crippen molar-refractivity contribution in [3.05, 3.63) is 181 Å². The molecule has 0 fully saturated rings. The summed E-state index contributed by atoms with van der Waals surface area (Å²) in [5.41, 5.74) is 11.2. The molecule has 336 valence electrons. The number of benzene rings is 8. The molecular weight excluding hydrogens is 825 g/mol. The highest BCUT2D eigenvalue weighted by molar-refractivity contribution is 6.10. The van der Waals surface area contributed by atoms with E-state index in [0.717, 1.165) is 116 Å². The number of aromatic nitrogens is 2. The van der Waals surface area contributed by atoms with Crippen LogP contribution in [0, 0.1) is 0 Å². The smallest absolute Gasteiger partial charge is 0.147 e. The van der Waals surface area contributed by atoms with E-state index in [4.69, 9.17) is 9.47 Å². The standard InChI is InChI=1S/C61H58N2O4/c1-5-7-21-42-36-50(60(64)56(38-42)62-52-29-15-9-23-44(52)45-24-10-16-30-53(45)62)48-27-13-19-33-58(48)66-40(3)35-41(4)67-59-34-20-14-28-49(59)51-37-43(22-8-6-2)39-57(61(51)65)63-54-31-17-11-25-46(54)47-26-12-18-32-55(47)63/h9-20,23-34,36-41,64-65H,5-8,21-22,35H2,1-4H3. The third-order valence-corrected chi connectivity index (χ3v) is 13.3. The van der Waals surface area contributed by atoms with Crippen LogP contribution in [0.2, 0.25) is 0 Å². The first-order valence-electron chi connectivity index (χ1n) is 24.0. The van der Waals surface area contributed by atoms with E-state index < -0.39 is 0 Å². The second kappa shape index (κ2) is 18.8. The summed E-state index contributed by atoms with van der Waals surface area (Å²) in [5, 5.41) is 29.4. The van der Waals surface area contributed by atoms with Crippen LogP contribution in [0.5, 0.6) is 23.0 Å². The van der Waals surface area contributed by atoms with Crippen molar-refractivity contribution in [3.8, 4) is 56.6 Å². The minimum atomic E-state index is -0.238. The molecule has 8 aromatic carbocycles. The van der Waals surface area contributed by atoms with Gasteiger partial charge in [-0.2, -0.15) is 0 Å². The summed E-state index contributed by atoms with van der Waals surface area (Å²) in [6.07, 6.45) is 6.12. The Morgan fingerprint density at radius 3 is 1.10 bits per heavy atom. The number of hydrogen-bond donors (Lipinski definition) is 2. The van der Waals surface area contributed by atoms with E-state index in [1.807, 2.05) is 48.5 Å². The van der Waals surface area contributed by atoms with Gasteiger partial charge in [-0.1, -0.05) is 136 Å². The predicted octanol–water partition coefficient (Wildman–Crippen LogP) is 15.9. The van der Waals surface area contributed by atoms with Crippen LogP contribution in [-0.4, -0.2) is 31.6 Å². The first-order valence-corrected chi connectivity index (χ1v) is 24.0. The van der Waals surface area contributed by atoms with Gasteiger partial charge in [-0.25, -0.2) is 0 Å². The summed E-state index contributed by atoms with van der Waals surface area (Å²) >= 11 is 0. The van der Waals surface area contributed by atoms with Gasteiger partial charge in [0.25, 0.3) is 0 Å². The number of nitrogens with zero attached hydrogens (tertiary/aromatic N) is 2. The maximum atomic E-state index is 12.4. The number of phenols is 2. The maximum absolute atomic E-state index is 12.4. The van der Waals surface area contributed by atoms with E-state index >= 15 is 0 Å². The van der Waals surface area contributed by atoms with Crippen molar-refractivity contribution in [2.75, 3.05) is 0 Å². The van der Waals surface area contributed by atoms with Crippen molar-refractivity contribution in [2.24, 2.45) is 0 Å². The summed E-state index contributed by atoms with van der Waals surface area (Å²) < 4.78 is 18.1. The topological polar surface area (TPSA) is 68.8 Å². The van der Waals surface area contributed by atoms with Gasteiger partial charge < -0.3 is 28.8 Å². The molecule has 0 bridgehead atoms. The van der Waals surface area contributed by atoms with Crippen LogP contribution >= 0.6 is 0 Å². The molecule has 0 saturated carbocycles. The second-order valence-electron chi connectivity index (χ2n) is 18.1. The summed E-state index contributed by atoms with van der Waals surface area (Å²) in [6, 6.07) is 58.3. The van der Waals surface area contributed by atoms with Crippen LogP contribution in [0.3, 0.4) is 0 Å². The van der Waals surface area contributed by atoms with Gasteiger partial charge in [0.05, 0.1) is 45.6 Å². The predicted molar refractivity (Wildman–Crippen MR) is 278 cm³/mol. The molecule has 2 heterocycles. The quantitative estimate of drug-likeness (QED) is 0.101. The number of fused-ring (bicyclic) bond motifs is 6. The zero-order valence-electron chi connectivity index (χ0n) is 38.9. The Morgan fingerprint density at radius 2 is 0.746 bits per heavy atom.